The van der Waals surface area contributed by atoms with Gasteiger partial charge in [-0.15, -0.1) is 12.4 Å². The fraction of sp³-hybridized carbons (Fsp3) is 0.350. The molecule has 0 aliphatic carbocycles. The maximum Gasteiger partial charge on any atom is 0.241 e. The summed E-state index contributed by atoms with van der Waals surface area (Å²) in [6, 6.07) is 13.1. The van der Waals surface area contributed by atoms with Crippen molar-refractivity contribution in [2.24, 2.45) is 11.7 Å². The lowest BCUT2D eigenvalue weighted by Gasteiger charge is -2.23. The molecule has 27 heavy (non-hydrogen) atoms. The molecule has 3 atom stereocenters. The molecular formula is C20H24ClF2N3O. The van der Waals surface area contributed by atoms with Gasteiger partial charge in [0.25, 0.3) is 0 Å². The van der Waals surface area contributed by atoms with Gasteiger partial charge in [0.1, 0.15) is 17.3 Å². The van der Waals surface area contributed by atoms with E-state index in [2.05, 4.69) is 17.4 Å². The Balaban J connectivity index is 0.00000261. The number of carbonyl (C=O) groups excluding carboxylic acids is 1. The Hall–Kier alpha value is -2.02. The zero-order valence-corrected chi connectivity index (χ0v) is 15.9. The highest BCUT2D eigenvalue weighted by atomic mass is 35.5. The van der Waals surface area contributed by atoms with E-state index in [9.17, 15) is 13.6 Å². The van der Waals surface area contributed by atoms with Gasteiger partial charge < -0.3 is 11.1 Å². The van der Waals surface area contributed by atoms with E-state index >= 15 is 0 Å². The first-order chi connectivity index (χ1) is 12.5. The molecule has 1 aliphatic rings. The van der Waals surface area contributed by atoms with Crippen LogP contribution < -0.4 is 11.1 Å². The maximum atomic E-state index is 13.8. The number of hydrogen-bond acceptors (Lipinski definition) is 3. The number of likely N-dealkylation sites (tertiary alicyclic amines) is 1. The molecule has 1 saturated heterocycles. The molecule has 0 spiro atoms. The normalized spacial score (nSPS) is 20.7. The Morgan fingerprint density at radius 3 is 2.37 bits per heavy atom. The third kappa shape index (κ3) is 4.64. The predicted molar refractivity (Wildman–Crippen MR) is 105 cm³/mol. The van der Waals surface area contributed by atoms with Crippen LogP contribution in [0.2, 0.25) is 0 Å². The summed E-state index contributed by atoms with van der Waals surface area (Å²) in [5.41, 5.74) is 6.73. The van der Waals surface area contributed by atoms with E-state index in [1.165, 1.54) is 11.6 Å². The number of amides is 1. The van der Waals surface area contributed by atoms with Crippen LogP contribution in [-0.2, 0) is 4.79 Å². The average molecular weight is 396 g/mol. The zero-order chi connectivity index (χ0) is 18.7. The lowest BCUT2D eigenvalue weighted by atomic mass is 9.89. The van der Waals surface area contributed by atoms with Crippen molar-refractivity contribution in [1.29, 1.82) is 0 Å². The van der Waals surface area contributed by atoms with E-state index in [1.54, 1.807) is 6.92 Å². The minimum Gasteiger partial charge on any atom is -0.330 e. The summed E-state index contributed by atoms with van der Waals surface area (Å²) in [7, 11) is 0. The van der Waals surface area contributed by atoms with Gasteiger partial charge >= 0.3 is 0 Å². The number of benzene rings is 2. The van der Waals surface area contributed by atoms with Gasteiger partial charge in [-0.2, -0.15) is 0 Å². The van der Waals surface area contributed by atoms with Gasteiger partial charge in [0, 0.05) is 19.0 Å². The third-order valence-electron chi connectivity index (χ3n) is 5.14. The van der Waals surface area contributed by atoms with E-state index in [1.807, 2.05) is 23.1 Å². The van der Waals surface area contributed by atoms with Crippen LogP contribution in [0.4, 0.5) is 14.5 Å². The standard InChI is InChI=1S/C20H23F2N3O.ClH/c1-13(20(26)24-19-17(21)8-5-9-18(19)22)25-11-15(10-23)16(12-25)14-6-3-2-4-7-14;/h2-9,13,15-16H,10-12,23H2,1H3,(H,24,26);1H/t13?,15-,16+;/m1./s1. The Morgan fingerprint density at radius 1 is 1.15 bits per heavy atom. The highest BCUT2D eigenvalue weighted by Crippen LogP contribution is 2.33. The summed E-state index contributed by atoms with van der Waals surface area (Å²) in [6.07, 6.45) is 0. The molecule has 1 aliphatic heterocycles. The quantitative estimate of drug-likeness (QED) is 0.815. The number of nitrogens with zero attached hydrogens (tertiary/aromatic N) is 1. The minimum absolute atomic E-state index is 0. The molecule has 0 radical (unpaired) electrons. The molecule has 1 unspecified atom stereocenters. The summed E-state index contributed by atoms with van der Waals surface area (Å²) < 4.78 is 27.5. The molecule has 1 heterocycles. The number of rotatable bonds is 5. The monoisotopic (exact) mass is 395 g/mol. The Kier molecular flexibility index (Phi) is 7.30. The first kappa shape index (κ1) is 21.3. The maximum absolute atomic E-state index is 13.8. The second-order valence-corrected chi connectivity index (χ2v) is 6.73. The van der Waals surface area contributed by atoms with Crippen LogP contribution in [0.25, 0.3) is 0 Å². The average Bonchev–Trinajstić information content (AvgIpc) is 3.09. The van der Waals surface area contributed by atoms with E-state index in [0.29, 0.717) is 19.6 Å². The number of para-hydroxylation sites is 1. The molecule has 3 rings (SSSR count). The summed E-state index contributed by atoms with van der Waals surface area (Å²) in [6.45, 7) is 3.62. The van der Waals surface area contributed by atoms with E-state index < -0.39 is 29.3 Å². The molecule has 3 N–H and O–H groups in total. The Bertz CT molecular complexity index is 755. The molecule has 0 saturated carbocycles. The fourth-order valence-corrected chi connectivity index (χ4v) is 3.55. The van der Waals surface area contributed by atoms with Crippen LogP contribution in [0.1, 0.15) is 18.4 Å². The van der Waals surface area contributed by atoms with Crippen LogP contribution in [0, 0.1) is 17.6 Å². The van der Waals surface area contributed by atoms with Crippen molar-refractivity contribution in [2.75, 3.05) is 25.0 Å². The number of halogens is 3. The van der Waals surface area contributed by atoms with Crippen LogP contribution in [-0.4, -0.2) is 36.5 Å². The molecule has 4 nitrogen and oxygen atoms in total. The van der Waals surface area contributed by atoms with E-state index in [0.717, 1.165) is 12.1 Å². The van der Waals surface area contributed by atoms with Gasteiger partial charge in [-0.05, 0) is 37.1 Å². The van der Waals surface area contributed by atoms with Crippen molar-refractivity contribution >= 4 is 24.0 Å². The number of hydrogen-bond donors (Lipinski definition) is 2. The van der Waals surface area contributed by atoms with Crippen molar-refractivity contribution in [3.63, 3.8) is 0 Å². The smallest absolute Gasteiger partial charge is 0.241 e. The van der Waals surface area contributed by atoms with Crippen LogP contribution in [0.15, 0.2) is 48.5 Å². The molecule has 0 aromatic heterocycles. The summed E-state index contributed by atoms with van der Waals surface area (Å²) in [5, 5.41) is 2.38. The molecule has 1 amide bonds. The van der Waals surface area contributed by atoms with E-state index in [4.69, 9.17) is 5.73 Å². The molecule has 146 valence electrons. The zero-order valence-electron chi connectivity index (χ0n) is 15.1. The summed E-state index contributed by atoms with van der Waals surface area (Å²) >= 11 is 0. The van der Waals surface area contributed by atoms with Gasteiger partial charge in [0.15, 0.2) is 0 Å². The van der Waals surface area contributed by atoms with Gasteiger partial charge in [0.2, 0.25) is 5.91 Å². The Morgan fingerprint density at radius 2 is 1.78 bits per heavy atom. The number of carbonyl (C=O) groups is 1. The lowest BCUT2D eigenvalue weighted by molar-refractivity contribution is -0.120. The van der Waals surface area contributed by atoms with Crippen molar-refractivity contribution in [3.05, 3.63) is 65.7 Å². The van der Waals surface area contributed by atoms with Gasteiger partial charge in [-0.25, -0.2) is 8.78 Å². The van der Waals surface area contributed by atoms with E-state index in [-0.39, 0.29) is 24.2 Å². The van der Waals surface area contributed by atoms with Crippen LogP contribution in [0.3, 0.4) is 0 Å². The molecule has 0 bridgehead atoms. The molecule has 2 aromatic rings. The predicted octanol–water partition coefficient (Wildman–Crippen LogP) is 3.39. The molecular weight excluding hydrogens is 372 g/mol. The largest absolute Gasteiger partial charge is 0.330 e. The molecule has 1 fully saturated rings. The number of nitrogens with one attached hydrogen (secondary N) is 1. The van der Waals surface area contributed by atoms with Crippen molar-refractivity contribution in [1.82, 2.24) is 4.90 Å². The second-order valence-electron chi connectivity index (χ2n) is 6.73. The first-order valence-electron chi connectivity index (χ1n) is 8.75. The highest BCUT2D eigenvalue weighted by molar-refractivity contribution is 5.94. The topological polar surface area (TPSA) is 58.4 Å². The summed E-state index contributed by atoms with van der Waals surface area (Å²) in [5.74, 6) is -1.53. The fourth-order valence-electron chi connectivity index (χ4n) is 3.55. The van der Waals surface area contributed by atoms with Crippen molar-refractivity contribution < 1.29 is 13.6 Å². The van der Waals surface area contributed by atoms with Gasteiger partial charge in [-0.3, -0.25) is 9.69 Å². The molecule has 7 heteroatoms. The molecule has 2 aromatic carbocycles. The SMILES string of the molecule is CC(C(=O)Nc1c(F)cccc1F)N1C[C@@H](CN)[C@H](c2ccccc2)C1.Cl. The first-order valence-corrected chi connectivity index (χ1v) is 8.75. The Labute approximate surface area is 164 Å². The van der Waals surface area contributed by atoms with Gasteiger partial charge in [0.05, 0.1) is 6.04 Å². The number of anilines is 1. The second kappa shape index (κ2) is 9.26. The van der Waals surface area contributed by atoms with Crippen LogP contribution >= 0.6 is 12.4 Å². The lowest BCUT2D eigenvalue weighted by Crippen LogP contribution is -2.41. The summed E-state index contributed by atoms with van der Waals surface area (Å²) in [4.78, 5) is 14.5. The number of nitrogens with two attached hydrogens (primary N) is 1. The van der Waals surface area contributed by atoms with Crippen molar-refractivity contribution in [3.8, 4) is 0 Å². The minimum atomic E-state index is -0.783. The van der Waals surface area contributed by atoms with Crippen molar-refractivity contribution in [2.45, 2.75) is 18.9 Å². The van der Waals surface area contributed by atoms with Gasteiger partial charge in [-0.1, -0.05) is 36.4 Å². The third-order valence-corrected chi connectivity index (χ3v) is 5.14. The highest BCUT2D eigenvalue weighted by Gasteiger charge is 2.37. The van der Waals surface area contributed by atoms with Crippen LogP contribution in [0.5, 0.6) is 0 Å².